The number of rotatable bonds is 11. The van der Waals surface area contributed by atoms with Gasteiger partial charge in [0, 0.05) is 17.6 Å². The molecule has 2 atom stereocenters. The molecule has 2 amide bonds. The van der Waals surface area contributed by atoms with E-state index in [-0.39, 0.29) is 29.2 Å². The standard InChI is InChI=1S/C24H31Cl2N3O5S/c1-6-16(2)27-24(31)17(3)28(14-18-9-7-8-10-20(18)25)23(30)15-29(35(5,32)33)19-11-12-22(34-4)21(26)13-19/h7-13,16-17H,6,14-15H2,1-5H3,(H,27,31)/t16-,17+/m0/s1. The van der Waals surface area contributed by atoms with E-state index >= 15 is 0 Å². The summed E-state index contributed by atoms with van der Waals surface area (Å²) in [6.07, 6.45) is 1.72. The van der Waals surface area contributed by atoms with E-state index in [0.29, 0.717) is 16.3 Å². The quantitative estimate of drug-likeness (QED) is 0.460. The molecule has 0 unspecified atom stereocenters. The summed E-state index contributed by atoms with van der Waals surface area (Å²) in [6, 6.07) is 10.4. The van der Waals surface area contributed by atoms with Crippen molar-refractivity contribution in [3.63, 3.8) is 0 Å². The summed E-state index contributed by atoms with van der Waals surface area (Å²) in [4.78, 5) is 27.8. The third-order valence-corrected chi connectivity index (χ3v) is 7.37. The van der Waals surface area contributed by atoms with Gasteiger partial charge in [-0.2, -0.15) is 0 Å². The Morgan fingerprint density at radius 1 is 1.09 bits per heavy atom. The highest BCUT2D eigenvalue weighted by molar-refractivity contribution is 7.92. The summed E-state index contributed by atoms with van der Waals surface area (Å²) in [5.74, 6) is -0.557. The van der Waals surface area contributed by atoms with Crippen molar-refractivity contribution >= 4 is 50.7 Å². The molecule has 35 heavy (non-hydrogen) atoms. The number of nitrogens with one attached hydrogen (secondary N) is 1. The maximum absolute atomic E-state index is 13.5. The Morgan fingerprint density at radius 2 is 1.74 bits per heavy atom. The van der Waals surface area contributed by atoms with Crippen LogP contribution < -0.4 is 14.4 Å². The Hall–Kier alpha value is -2.49. The molecule has 2 aromatic carbocycles. The Kier molecular flexibility index (Phi) is 10.2. The van der Waals surface area contributed by atoms with Gasteiger partial charge in [-0.3, -0.25) is 13.9 Å². The van der Waals surface area contributed by atoms with Crippen LogP contribution in [0.1, 0.15) is 32.8 Å². The zero-order valence-corrected chi connectivity index (χ0v) is 22.7. The van der Waals surface area contributed by atoms with Crippen molar-refractivity contribution in [3.05, 3.63) is 58.1 Å². The first kappa shape index (κ1) is 28.7. The molecule has 0 aromatic heterocycles. The van der Waals surface area contributed by atoms with Crippen LogP contribution in [0, 0.1) is 0 Å². The molecule has 11 heteroatoms. The Morgan fingerprint density at radius 3 is 2.29 bits per heavy atom. The molecule has 0 saturated carbocycles. The van der Waals surface area contributed by atoms with Crippen LogP contribution in [0.15, 0.2) is 42.5 Å². The molecule has 8 nitrogen and oxygen atoms in total. The molecule has 0 radical (unpaired) electrons. The van der Waals surface area contributed by atoms with Crippen LogP contribution >= 0.6 is 23.2 Å². The van der Waals surface area contributed by atoms with Crippen LogP contribution in [0.2, 0.25) is 10.0 Å². The third kappa shape index (κ3) is 7.75. The van der Waals surface area contributed by atoms with Crippen molar-refractivity contribution in [2.45, 2.75) is 45.8 Å². The number of halogens is 2. The molecule has 2 aromatic rings. The number of methoxy groups -OCH3 is 1. The lowest BCUT2D eigenvalue weighted by molar-refractivity contribution is -0.139. The molecule has 1 N–H and O–H groups in total. The summed E-state index contributed by atoms with van der Waals surface area (Å²) in [6.45, 7) is 4.89. The van der Waals surface area contributed by atoms with Crippen LogP contribution in [0.3, 0.4) is 0 Å². The maximum atomic E-state index is 13.5. The number of anilines is 1. The number of hydrogen-bond donors (Lipinski definition) is 1. The van der Waals surface area contributed by atoms with Crippen LogP contribution in [0.25, 0.3) is 0 Å². The second-order valence-corrected chi connectivity index (χ2v) is 10.9. The van der Waals surface area contributed by atoms with Crippen molar-refractivity contribution in [1.29, 1.82) is 0 Å². The molecular formula is C24H31Cl2N3O5S. The molecule has 0 aliphatic carbocycles. The van der Waals surface area contributed by atoms with Crippen LogP contribution in [0.4, 0.5) is 5.69 Å². The van der Waals surface area contributed by atoms with Gasteiger partial charge < -0.3 is 15.0 Å². The lowest BCUT2D eigenvalue weighted by Gasteiger charge is -2.32. The molecule has 0 bridgehead atoms. The average molecular weight is 545 g/mol. The highest BCUT2D eigenvalue weighted by Gasteiger charge is 2.31. The van der Waals surface area contributed by atoms with Crippen molar-refractivity contribution in [2.24, 2.45) is 0 Å². The normalized spacial score (nSPS) is 13.0. The van der Waals surface area contributed by atoms with Crippen LogP contribution in [-0.4, -0.2) is 57.1 Å². The van der Waals surface area contributed by atoms with Gasteiger partial charge in [0.05, 0.1) is 24.1 Å². The number of carbonyl (C=O) groups excluding carboxylic acids is 2. The van der Waals surface area contributed by atoms with Gasteiger partial charge in [-0.05, 0) is 50.1 Å². The molecule has 0 saturated heterocycles. The number of ether oxygens (including phenoxy) is 1. The molecule has 0 heterocycles. The van der Waals surface area contributed by atoms with Crippen LogP contribution in [-0.2, 0) is 26.2 Å². The first-order valence-electron chi connectivity index (χ1n) is 11.0. The smallest absolute Gasteiger partial charge is 0.244 e. The summed E-state index contributed by atoms with van der Waals surface area (Å²) in [5, 5.41) is 3.50. The van der Waals surface area contributed by atoms with Gasteiger partial charge in [0.1, 0.15) is 18.3 Å². The number of nitrogens with zero attached hydrogens (tertiary/aromatic N) is 2. The Bertz CT molecular complexity index is 1160. The molecular weight excluding hydrogens is 513 g/mol. The zero-order valence-electron chi connectivity index (χ0n) is 20.4. The topological polar surface area (TPSA) is 96.0 Å². The summed E-state index contributed by atoms with van der Waals surface area (Å²) >= 11 is 12.5. The van der Waals surface area contributed by atoms with E-state index < -0.39 is 28.5 Å². The number of benzene rings is 2. The van der Waals surface area contributed by atoms with Crippen molar-refractivity contribution < 1.29 is 22.7 Å². The fourth-order valence-electron chi connectivity index (χ4n) is 3.28. The van der Waals surface area contributed by atoms with Gasteiger partial charge in [0.2, 0.25) is 21.8 Å². The number of sulfonamides is 1. The number of carbonyl (C=O) groups is 2. The van der Waals surface area contributed by atoms with E-state index in [1.54, 1.807) is 31.2 Å². The van der Waals surface area contributed by atoms with E-state index in [9.17, 15) is 18.0 Å². The van der Waals surface area contributed by atoms with Gasteiger partial charge >= 0.3 is 0 Å². The van der Waals surface area contributed by atoms with Crippen molar-refractivity contribution in [2.75, 3.05) is 24.2 Å². The minimum absolute atomic E-state index is 0.0224. The molecule has 2 rings (SSSR count). The monoisotopic (exact) mass is 543 g/mol. The summed E-state index contributed by atoms with van der Waals surface area (Å²) < 4.78 is 31.3. The Labute approximate surface area is 217 Å². The second-order valence-electron chi connectivity index (χ2n) is 8.20. The average Bonchev–Trinajstić information content (AvgIpc) is 2.80. The van der Waals surface area contributed by atoms with Crippen molar-refractivity contribution in [3.8, 4) is 5.75 Å². The third-order valence-electron chi connectivity index (χ3n) is 5.57. The van der Waals surface area contributed by atoms with Gasteiger partial charge in [-0.25, -0.2) is 8.42 Å². The highest BCUT2D eigenvalue weighted by atomic mass is 35.5. The minimum atomic E-state index is -3.87. The predicted octanol–water partition coefficient (Wildman–Crippen LogP) is 4.10. The first-order valence-corrected chi connectivity index (χ1v) is 13.6. The largest absolute Gasteiger partial charge is 0.495 e. The van der Waals surface area contributed by atoms with E-state index in [1.165, 1.54) is 30.2 Å². The lowest BCUT2D eigenvalue weighted by Crippen LogP contribution is -2.52. The molecule has 0 aliphatic heterocycles. The fourth-order valence-corrected chi connectivity index (χ4v) is 4.57. The molecule has 192 valence electrons. The second kappa shape index (κ2) is 12.5. The highest BCUT2D eigenvalue weighted by Crippen LogP contribution is 2.30. The minimum Gasteiger partial charge on any atom is -0.495 e. The van der Waals surface area contributed by atoms with E-state index in [2.05, 4.69) is 5.32 Å². The van der Waals surface area contributed by atoms with Crippen LogP contribution in [0.5, 0.6) is 5.75 Å². The van der Waals surface area contributed by atoms with Gasteiger partial charge in [-0.15, -0.1) is 0 Å². The first-order chi connectivity index (χ1) is 16.4. The molecule has 0 spiro atoms. The van der Waals surface area contributed by atoms with Gasteiger partial charge in [0.25, 0.3) is 0 Å². The van der Waals surface area contributed by atoms with E-state index in [4.69, 9.17) is 27.9 Å². The van der Waals surface area contributed by atoms with E-state index in [1.807, 2.05) is 13.8 Å². The molecule has 0 fully saturated rings. The van der Waals surface area contributed by atoms with E-state index in [0.717, 1.165) is 17.0 Å². The number of amides is 2. The SMILES string of the molecule is CC[C@H](C)NC(=O)[C@@H](C)N(Cc1ccccc1Cl)C(=O)CN(c1ccc(OC)c(Cl)c1)S(C)(=O)=O. The zero-order chi connectivity index (χ0) is 26.3. The molecule has 0 aliphatic rings. The lowest BCUT2D eigenvalue weighted by atomic mass is 10.1. The maximum Gasteiger partial charge on any atom is 0.244 e. The number of hydrogen-bond acceptors (Lipinski definition) is 5. The van der Waals surface area contributed by atoms with Gasteiger partial charge in [0.15, 0.2) is 0 Å². The fraction of sp³-hybridized carbons (Fsp3) is 0.417. The Balaban J connectivity index is 2.43. The van der Waals surface area contributed by atoms with Gasteiger partial charge in [-0.1, -0.05) is 48.3 Å². The van der Waals surface area contributed by atoms with Crippen molar-refractivity contribution in [1.82, 2.24) is 10.2 Å². The predicted molar refractivity (Wildman–Crippen MR) is 140 cm³/mol. The summed E-state index contributed by atoms with van der Waals surface area (Å²) in [7, 11) is -2.43. The summed E-state index contributed by atoms with van der Waals surface area (Å²) in [5.41, 5.74) is 0.824.